The molecular weight excluding hydrogens is 298 g/mol. The van der Waals surface area contributed by atoms with Crippen molar-refractivity contribution in [2.75, 3.05) is 12.8 Å². The zero-order chi connectivity index (χ0) is 15.5. The maximum Gasteiger partial charge on any atom is 0.359 e. The first-order valence-electron chi connectivity index (χ1n) is 6.56. The number of esters is 1. The third-order valence-corrected chi connectivity index (χ3v) is 4.00. The number of carbonyl (C=O) groups excluding carboxylic acids is 1. The molecule has 3 aromatic rings. The number of aromatic nitrogens is 2. The number of nitrogens with zero attached hydrogens (tertiary/aromatic N) is 2. The van der Waals surface area contributed by atoms with Crippen molar-refractivity contribution in [3.8, 4) is 0 Å². The van der Waals surface area contributed by atoms with Crippen molar-refractivity contribution in [2.45, 2.75) is 9.92 Å². The lowest BCUT2D eigenvalue weighted by Gasteiger charge is -2.08. The van der Waals surface area contributed by atoms with Crippen molar-refractivity contribution in [1.29, 1.82) is 0 Å². The summed E-state index contributed by atoms with van der Waals surface area (Å²) >= 11 is 1.35. The molecule has 0 amide bonds. The molecule has 0 aliphatic carbocycles. The summed E-state index contributed by atoms with van der Waals surface area (Å²) in [5, 5.41) is 0.510. The number of rotatable bonds is 3. The van der Waals surface area contributed by atoms with Crippen LogP contribution in [0.1, 0.15) is 10.5 Å². The maximum atomic E-state index is 12.0. The summed E-state index contributed by atoms with van der Waals surface area (Å²) in [6.45, 7) is 0. The molecule has 0 atom stereocenters. The van der Waals surface area contributed by atoms with Gasteiger partial charge >= 0.3 is 5.97 Å². The average molecular weight is 311 g/mol. The first-order valence-corrected chi connectivity index (χ1v) is 7.37. The Morgan fingerprint density at radius 1 is 1.05 bits per heavy atom. The molecule has 0 aliphatic rings. The Kier molecular flexibility index (Phi) is 3.93. The SMILES string of the molecule is COC(=O)c1nc2ccccc2nc1Sc1ccc(N)cc1. The molecule has 5 nitrogen and oxygen atoms in total. The molecule has 0 unspecified atom stereocenters. The Morgan fingerprint density at radius 3 is 2.32 bits per heavy atom. The van der Waals surface area contributed by atoms with Gasteiger partial charge in [0.2, 0.25) is 0 Å². The molecule has 0 spiro atoms. The van der Waals surface area contributed by atoms with Crippen LogP contribution >= 0.6 is 11.8 Å². The Bertz CT molecular complexity index is 834. The van der Waals surface area contributed by atoms with Gasteiger partial charge in [0.25, 0.3) is 0 Å². The molecule has 2 aromatic carbocycles. The number of methoxy groups -OCH3 is 1. The molecule has 0 radical (unpaired) electrons. The largest absolute Gasteiger partial charge is 0.464 e. The van der Waals surface area contributed by atoms with E-state index in [1.807, 2.05) is 36.4 Å². The normalized spacial score (nSPS) is 10.6. The van der Waals surface area contributed by atoms with Gasteiger partial charge in [0.05, 0.1) is 18.1 Å². The number of carbonyl (C=O) groups is 1. The van der Waals surface area contributed by atoms with Crippen LogP contribution in [-0.4, -0.2) is 23.0 Å². The van der Waals surface area contributed by atoms with Crippen molar-refractivity contribution in [1.82, 2.24) is 9.97 Å². The van der Waals surface area contributed by atoms with E-state index < -0.39 is 5.97 Å². The van der Waals surface area contributed by atoms with Crippen molar-refractivity contribution in [3.05, 3.63) is 54.2 Å². The predicted octanol–water partition coefficient (Wildman–Crippen LogP) is 3.15. The fraction of sp³-hybridized carbons (Fsp3) is 0.0625. The summed E-state index contributed by atoms with van der Waals surface area (Å²) in [5.74, 6) is -0.504. The Balaban J connectivity index is 2.09. The van der Waals surface area contributed by atoms with Crippen molar-refractivity contribution >= 4 is 34.5 Å². The lowest BCUT2D eigenvalue weighted by Crippen LogP contribution is -2.08. The Morgan fingerprint density at radius 2 is 1.68 bits per heavy atom. The number of nitrogens with two attached hydrogens (primary N) is 1. The van der Waals surface area contributed by atoms with E-state index in [2.05, 4.69) is 9.97 Å². The molecule has 0 saturated heterocycles. The monoisotopic (exact) mass is 311 g/mol. The van der Waals surface area contributed by atoms with Gasteiger partial charge < -0.3 is 10.5 Å². The van der Waals surface area contributed by atoms with E-state index in [1.165, 1.54) is 18.9 Å². The zero-order valence-electron chi connectivity index (χ0n) is 11.8. The fourth-order valence-corrected chi connectivity index (χ4v) is 2.80. The number of hydrogen-bond acceptors (Lipinski definition) is 6. The highest BCUT2D eigenvalue weighted by Crippen LogP contribution is 2.30. The lowest BCUT2D eigenvalue weighted by molar-refractivity contribution is 0.0589. The second-order valence-electron chi connectivity index (χ2n) is 4.53. The van der Waals surface area contributed by atoms with Crippen LogP contribution in [0.15, 0.2) is 58.5 Å². The predicted molar refractivity (Wildman–Crippen MR) is 85.9 cm³/mol. The summed E-state index contributed by atoms with van der Waals surface area (Å²) < 4.78 is 4.81. The van der Waals surface area contributed by atoms with Crippen molar-refractivity contribution < 1.29 is 9.53 Å². The zero-order valence-corrected chi connectivity index (χ0v) is 12.6. The molecule has 3 rings (SSSR count). The number of benzene rings is 2. The highest BCUT2D eigenvalue weighted by atomic mass is 32.2. The van der Waals surface area contributed by atoms with Gasteiger partial charge in [-0.2, -0.15) is 0 Å². The molecule has 1 heterocycles. The first-order chi connectivity index (χ1) is 10.7. The quantitative estimate of drug-likeness (QED) is 0.591. The third kappa shape index (κ3) is 2.87. The van der Waals surface area contributed by atoms with Gasteiger partial charge in [-0.1, -0.05) is 23.9 Å². The average Bonchev–Trinajstić information content (AvgIpc) is 2.55. The topological polar surface area (TPSA) is 78.1 Å². The van der Waals surface area contributed by atoms with Gasteiger partial charge in [-0.25, -0.2) is 14.8 Å². The van der Waals surface area contributed by atoms with Crippen LogP contribution < -0.4 is 5.73 Å². The van der Waals surface area contributed by atoms with E-state index in [-0.39, 0.29) is 5.69 Å². The number of para-hydroxylation sites is 2. The summed E-state index contributed by atoms with van der Waals surface area (Å²) in [6.07, 6.45) is 0. The summed E-state index contributed by atoms with van der Waals surface area (Å²) in [5.41, 5.74) is 7.96. The minimum absolute atomic E-state index is 0.211. The van der Waals surface area contributed by atoms with E-state index in [1.54, 1.807) is 12.1 Å². The summed E-state index contributed by atoms with van der Waals surface area (Å²) in [6, 6.07) is 14.7. The van der Waals surface area contributed by atoms with Crippen molar-refractivity contribution in [2.24, 2.45) is 0 Å². The molecule has 2 N–H and O–H groups in total. The molecule has 6 heteroatoms. The number of hydrogen-bond donors (Lipinski definition) is 1. The second-order valence-corrected chi connectivity index (χ2v) is 5.59. The molecule has 110 valence electrons. The van der Waals surface area contributed by atoms with Gasteiger partial charge in [-0.05, 0) is 36.4 Å². The summed E-state index contributed by atoms with van der Waals surface area (Å²) in [7, 11) is 1.33. The third-order valence-electron chi connectivity index (χ3n) is 3.01. The standard InChI is InChI=1S/C16H13N3O2S/c1-21-16(20)14-15(22-11-8-6-10(17)7-9-11)19-13-5-3-2-4-12(13)18-14/h2-9H,17H2,1H3. The number of ether oxygens (including phenoxy) is 1. The highest BCUT2D eigenvalue weighted by molar-refractivity contribution is 7.99. The summed E-state index contributed by atoms with van der Waals surface area (Å²) in [4.78, 5) is 21.8. The van der Waals surface area contributed by atoms with Gasteiger partial charge in [-0.15, -0.1) is 0 Å². The van der Waals surface area contributed by atoms with Crippen LogP contribution in [0, 0.1) is 0 Å². The fourth-order valence-electron chi connectivity index (χ4n) is 1.93. The molecule has 1 aromatic heterocycles. The first kappa shape index (κ1) is 14.3. The van der Waals surface area contributed by atoms with Gasteiger partial charge in [0, 0.05) is 10.6 Å². The van der Waals surface area contributed by atoms with Crippen LogP contribution in [0.4, 0.5) is 5.69 Å². The molecule has 0 saturated carbocycles. The van der Waals surface area contributed by atoms with E-state index >= 15 is 0 Å². The van der Waals surface area contributed by atoms with Gasteiger partial charge in [0.1, 0.15) is 5.03 Å². The Labute approximate surface area is 131 Å². The molecule has 0 fully saturated rings. The number of fused-ring (bicyclic) bond motifs is 1. The van der Waals surface area contributed by atoms with E-state index in [4.69, 9.17) is 10.5 Å². The minimum Gasteiger partial charge on any atom is -0.464 e. The van der Waals surface area contributed by atoms with Gasteiger partial charge in [-0.3, -0.25) is 0 Å². The van der Waals surface area contributed by atoms with Crippen LogP contribution in [0.25, 0.3) is 11.0 Å². The molecule has 22 heavy (non-hydrogen) atoms. The van der Waals surface area contributed by atoms with Crippen LogP contribution in [0.3, 0.4) is 0 Å². The number of anilines is 1. The van der Waals surface area contributed by atoms with E-state index in [0.29, 0.717) is 16.2 Å². The Hall–Kier alpha value is -2.60. The van der Waals surface area contributed by atoms with Crippen molar-refractivity contribution in [3.63, 3.8) is 0 Å². The minimum atomic E-state index is -0.504. The van der Waals surface area contributed by atoms with E-state index in [9.17, 15) is 4.79 Å². The molecule has 0 bridgehead atoms. The van der Waals surface area contributed by atoms with Crippen LogP contribution in [-0.2, 0) is 4.74 Å². The maximum absolute atomic E-state index is 12.0. The molecular formula is C16H13N3O2S. The number of nitrogen functional groups attached to an aromatic ring is 1. The van der Waals surface area contributed by atoms with Crippen LogP contribution in [0.2, 0.25) is 0 Å². The van der Waals surface area contributed by atoms with Crippen LogP contribution in [0.5, 0.6) is 0 Å². The second kappa shape index (κ2) is 6.03. The lowest BCUT2D eigenvalue weighted by atomic mass is 10.3. The van der Waals surface area contributed by atoms with Gasteiger partial charge in [0.15, 0.2) is 5.69 Å². The molecule has 0 aliphatic heterocycles. The van der Waals surface area contributed by atoms with E-state index in [0.717, 1.165) is 10.4 Å². The highest BCUT2D eigenvalue weighted by Gasteiger charge is 2.18. The smallest absolute Gasteiger partial charge is 0.359 e.